The summed E-state index contributed by atoms with van der Waals surface area (Å²) >= 11 is 0. The van der Waals surface area contributed by atoms with Crippen LogP contribution in [0.3, 0.4) is 0 Å². The predicted octanol–water partition coefficient (Wildman–Crippen LogP) is 3.01. The molecule has 0 radical (unpaired) electrons. The van der Waals surface area contributed by atoms with Gasteiger partial charge in [-0.3, -0.25) is 0 Å². The number of aromatic carboxylic acids is 1. The van der Waals surface area contributed by atoms with Gasteiger partial charge in [-0.2, -0.15) is 0 Å². The first-order valence-corrected chi connectivity index (χ1v) is 4.78. The molecule has 0 spiro atoms. The molecule has 0 saturated carbocycles. The lowest BCUT2D eigenvalue weighted by Gasteiger charge is -2.05. The van der Waals surface area contributed by atoms with Crippen molar-refractivity contribution in [3.8, 4) is 0 Å². The maximum absolute atomic E-state index is 13.3. The summed E-state index contributed by atoms with van der Waals surface area (Å²) in [4.78, 5) is 10.5. The zero-order valence-corrected chi connectivity index (χ0v) is 8.39. The average molecular weight is 214 g/mol. The molecule has 2 nitrogen and oxygen atoms in total. The summed E-state index contributed by atoms with van der Waals surface area (Å²) in [5.74, 6) is -3.76. The Hall–Kier alpha value is -1.45. The molecule has 1 aromatic rings. The van der Waals surface area contributed by atoms with Gasteiger partial charge in [0.2, 0.25) is 0 Å². The number of unbranched alkanes of at least 4 members (excludes halogenated alkanes) is 1. The summed E-state index contributed by atoms with van der Waals surface area (Å²) in [5.41, 5.74) is -0.382. The van der Waals surface area contributed by atoms with Crippen LogP contribution in [0.15, 0.2) is 12.1 Å². The number of halogens is 2. The van der Waals surface area contributed by atoms with E-state index in [4.69, 9.17) is 5.11 Å². The van der Waals surface area contributed by atoms with Crippen molar-refractivity contribution >= 4 is 5.97 Å². The Morgan fingerprint density at radius 2 is 2.00 bits per heavy atom. The Balaban J connectivity index is 3.04. The van der Waals surface area contributed by atoms with E-state index in [2.05, 4.69) is 0 Å². The Labute approximate surface area is 86.5 Å². The van der Waals surface area contributed by atoms with Crippen LogP contribution in [0, 0.1) is 11.6 Å². The first-order valence-electron chi connectivity index (χ1n) is 4.78. The molecule has 0 aliphatic heterocycles. The third-order valence-electron chi connectivity index (χ3n) is 2.19. The molecule has 0 heterocycles. The maximum Gasteiger partial charge on any atom is 0.338 e. The molecule has 0 fully saturated rings. The van der Waals surface area contributed by atoms with Gasteiger partial charge in [-0.15, -0.1) is 0 Å². The van der Waals surface area contributed by atoms with Gasteiger partial charge in [0.1, 0.15) is 0 Å². The first-order chi connectivity index (χ1) is 7.07. The second-order valence-electron chi connectivity index (χ2n) is 3.31. The second kappa shape index (κ2) is 4.87. The van der Waals surface area contributed by atoms with Gasteiger partial charge in [0.25, 0.3) is 0 Å². The van der Waals surface area contributed by atoms with Crippen LogP contribution in [0.1, 0.15) is 35.7 Å². The fourth-order valence-electron chi connectivity index (χ4n) is 1.31. The van der Waals surface area contributed by atoms with E-state index in [1.54, 1.807) is 0 Å². The Morgan fingerprint density at radius 3 is 2.53 bits per heavy atom. The van der Waals surface area contributed by atoms with E-state index in [1.165, 1.54) is 6.07 Å². The molecule has 1 rings (SSSR count). The van der Waals surface area contributed by atoms with Crippen molar-refractivity contribution in [2.75, 3.05) is 0 Å². The molecule has 0 aromatic heterocycles. The number of hydrogen-bond donors (Lipinski definition) is 1. The van der Waals surface area contributed by atoms with E-state index < -0.39 is 23.2 Å². The highest BCUT2D eigenvalue weighted by atomic mass is 19.2. The number of hydrogen-bond acceptors (Lipinski definition) is 1. The molecule has 1 N–H and O–H groups in total. The molecule has 0 amide bonds. The Bertz CT molecular complexity index is 375. The van der Waals surface area contributed by atoms with Crippen LogP contribution in [0.4, 0.5) is 8.78 Å². The van der Waals surface area contributed by atoms with Crippen LogP contribution in [-0.4, -0.2) is 11.1 Å². The minimum absolute atomic E-state index is 0.236. The summed E-state index contributed by atoms with van der Waals surface area (Å²) < 4.78 is 26.5. The van der Waals surface area contributed by atoms with Crippen LogP contribution in [-0.2, 0) is 6.42 Å². The number of carbonyl (C=O) groups is 1. The van der Waals surface area contributed by atoms with E-state index in [-0.39, 0.29) is 5.56 Å². The zero-order valence-electron chi connectivity index (χ0n) is 8.39. The molecule has 1 aromatic carbocycles. The minimum atomic E-state index is -1.45. The summed E-state index contributed by atoms with van der Waals surface area (Å²) in [5, 5.41) is 8.55. The summed E-state index contributed by atoms with van der Waals surface area (Å²) in [6, 6.07) is 2.43. The lowest BCUT2D eigenvalue weighted by Crippen LogP contribution is -2.05. The highest BCUT2D eigenvalue weighted by molar-refractivity contribution is 5.88. The van der Waals surface area contributed by atoms with Gasteiger partial charge in [0, 0.05) is 0 Å². The minimum Gasteiger partial charge on any atom is -0.478 e. The second-order valence-corrected chi connectivity index (χ2v) is 3.31. The van der Waals surface area contributed by atoms with Gasteiger partial charge in [-0.05, 0) is 24.5 Å². The third kappa shape index (κ3) is 2.52. The van der Waals surface area contributed by atoms with E-state index in [0.29, 0.717) is 6.42 Å². The topological polar surface area (TPSA) is 37.3 Å². The number of carboxylic acids is 1. The highest BCUT2D eigenvalue weighted by Crippen LogP contribution is 2.18. The van der Waals surface area contributed by atoms with Crippen LogP contribution in [0.2, 0.25) is 0 Å². The fourth-order valence-corrected chi connectivity index (χ4v) is 1.31. The molecule has 4 heteroatoms. The fraction of sp³-hybridized carbons (Fsp3) is 0.364. The SMILES string of the molecule is CCCCc1ccc(C(=O)O)c(F)c1F. The predicted molar refractivity (Wildman–Crippen MR) is 51.9 cm³/mol. The molecular formula is C11H12F2O2. The summed E-state index contributed by atoms with van der Waals surface area (Å²) in [6.07, 6.45) is 2.06. The number of aryl methyl sites for hydroxylation is 1. The van der Waals surface area contributed by atoms with Crippen molar-refractivity contribution < 1.29 is 18.7 Å². The molecule has 15 heavy (non-hydrogen) atoms. The quantitative estimate of drug-likeness (QED) is 0.836. The van der Waals surface area contributed by atoms with Crippen molar-refractivity contribution in [2.24, 2.45) is 0 Å². The summed E-state index contributed by atoms with van der Waals surface area (Å²) in [6.45, 7) is 1.94. The lowest BCUT2D eigenvalue weighted by atomic mass is 10.0. The molecule has 0 bridgehead atoms. The van der Waals surface area contributed by atoms with E-state index in [9.17, 15) is 13.6 Å². The van der Waals surface area contributed by atoms with Crippen molar-refractivity contribution in [1.82, 2.24) is 0 Å². The van der Waals surface area contributed by atoms with Crippen LogP contribution in [0.25, 0.3) is 0 Å². The van der Waals surface area contributed by atoms with Crippen molar-refractivity contribution in [2.45, 2.75) is 26.2 Å². The van der Waals surface area contributed by atoms with Crippen LogP contribution in [0.5, 0.6) is 0 Å². The van der Waals surface area contributed by atoms with E-state index >= 15 is 0 Å². The molecule has 82 valence electrons. The van der Waals surface area contributed by atoms with Gasteiger partial charge in [-0.1, -0.05) is 19.4 Å². The Morgan fingerprint density at radius 1 is 1.33 bits per heavy atom. The largest absolute Gasteiger partial charge is 0.478 e. The summed E-state index contributed by atoms with van der Waals surface area (Å²) in [7, 11) is 0. The monoisotopic (exact) mass is 214 g/mol. The van der Waals surface area contributed by atoms with Crippen molar-refractivity contribution in [3.63, 3.8) is 0 Å². The van der Waals surface area contributed by atoms with Gasteiger partial charge >= 0.3 is 5.97 Å². The molecule has 0 unspecified atom stereocenters. The van der Waals surface area contributed by atoms with Crippen LogP contribution >= 0.6 is 0 Å². The highest BCUT2D eigenvalue weighted by Gasteiger charge is 2.17. The molecule has 0 saturated heterocycles. The molecule has 0 aliphatic rings. The third-order valence-corrected chi connectivity index (χ3v) is 2.19. The van der Waals surface area contributed by atoms with Crippen molar-refractivity contribution in [1.29, 1.82) is 0 Å². The molecular weight excluding hydrogens is 202 g/mol. The van der Waals surface area contributed by atoms with E-state index in [1.807, 2.05) is 6.92 Å². The Kier molecular flexibility index (Phi) is 3.77. The van der Waals surface area contributed by atoms with Gasteiger partial charge in [-0.25, -0.2) is 13.6 Å². The zero-order chi connectivity index (χ0) is 11.4. The number of carboxylic acid groups (broad SMARTS) is 1. The smallest absolute Gasteiger partial charge is 0.338 e. The number of rotatable bonds is 4. The van der Waals surface area contributed by atoms with E-state index in [0.717, 1.165) is 18.9 Å². The first kappa shape index (κ1) is 11.6. The maximum atomic E-state index is 13.3. The standard InChI is InChI=1S/C11H12F2O2/c1-2-3-4-7-5-6-8(11(14)15)10(13)9(7)12/h5-6H,2-4H2,1H3,(H,14,15). The van der Waals surface area contributed by atoms with Gasteiger partial charge in [0.15, 0.2) is 11.6 Å². The number of benzene rings is 1. The molecule has 0 atom stereocenters. The molecule has 0 aliphatic carbocycles. The van der Waals surface area contributed by atoms with Crippen molar-refractivity contribution in [3.05, 3.63) is 34.9 Å². The van der Waals surface area contributed by atoms with Gasteiger partial charge in [0.05, 0.1) is 5.56 Å². The van der Waals surface area contributed by atoms with Crippen LogP contribution < -0.4 is 0 Å². The lowest BCUT2D eigenvalue weighted by molar-refractivity contribution is 0.0690. The van der Waals surface area contributed by atoms with Gasteiger partial charge < -0.3 is 5.11 Å². The normalized spacial score (nSPS) is 10.3. The average Bonchev–Trinajstić information content (AvgIpc) is 2.20.